The molecule has 96 valence electrons. The molecule has 0 aromatic rings. The van der Waals surface area contributed by atoms with Gasteiger partial charge in [-0.2, -0.15) is 0 Å². The second-order valence-corrected chi connectivity index (χ2v) is 7.29. The van der Waals surface area contributed by atoms with Gasteiger partial charge in [0.05, 0.1) is 0 Å². The van der Waals surface area contributed by atoms with Gasteiger partial charge in [0, 0.05) is 0 Å². The van der Waals surface area contributed by atoms with Gasteiger partial charge in [0.1, 0.15) is 5.40 Å². The van der Waals surface area contributed by atoms with Crippen molar-refractivity contribution in [2.45, 2.75) is 44.4 Å². The number of allylic oxidation sites excluding steroid dienone is 2. The molecule has 0 heterocycles. The summed E-state index contributed by atoms with van der Waals surface area (Å²) in [6, 6.07) is 0. The smallest absolute Gasteiger partial charge is 0.337 e. The Balaban J connectivity index is 0.000000368. The molecule has 0 saturated heterocycles. The van der Waals surface area contributed by atoms with Crippen molar-refractivity contribution >= 4 is 15.6 Å². The molecule has 0 saturated carbocycles. The molecular formula is C9H20O5P2. The Morgan fingerprint density at radius 1 is 1.38 bits per heavy atom. The summed E-state index contributed by atoms with van der Waals surface area (Å²) in [5.41, 5.74) is 0. The maximum atomic E-state index is 10.5. The largest absolute Gasteiger partial charge is 0.346 e. The molecule has 0 fully saturated rings. The third kappa shape index (κ3) is 7.37. The van der Waals surface area contributed by atoms with Gasteiger partial charge in [0.25, 0.3) is 0 Å². The fraction of sp³-hybridized carbons (Fsp3) is 0.778. The van der Waals surface area contributed by atoms with Crippen LogP contribution in [0.5, 0.6) is 0 Å². The molecule has 2 unspecified atom stereocenters. The average Bonchev–Trinajstić information content (AvgIpc) is 2.69. The minimum absolute atomic E-state index is 0.0958. The summed E-state index contributed by atoms with van der Waals surface area (Å²) >= 11 is 0. The van der Waals surface area contributed by atoms with Crippen molar-refractivity contribution in [3.05, 3.63) is 12.2 Å². The van der Waals surface area contributed by atoms with Gasteiger partial charge < -0.3 is 14.7 Å². The fourth-order valence-electron chi connectivity index (χ4n) is 1.30. The van der Waals surface area contributed by atoms with Crippen LogP contribution in [0.1, 0.15) is 39.0 Å². The van der Waals surface area contributed by atoms with E-state index in [1.165, 1.54) is 19.3 Å². The van der Waals surface area contributed by atoms with E-state index in [-0.39, 0.29) is 6.42 Å². The number of rotatable bonds is 4. The highest BCUT2D eigenvalue weighted by Gasteiger charge is 2.32. The quantitative estimate of drug-likeness (QED) is 0.539. The molecule has 0 radical (unpaired) electrons. The lowest BCUT2D eigenvalue weighted by molar-refractivity contribution is 0.362. The zero-order valence-electron chi connectivity index (χ0n) is 9.37. The molecule has 0 aliphatic heterocycles. The molecule has 0 aromatic heterocycles. The van der Waals surface area contributed by atoms with Crippen molar-refractivity contribution in [2.24, 2.45) is 0 Å². The van der Waals surface area contributed by atoms with Crippen molar-refractivity contribution in [1.29, 1.82) is 0 Å². The third-order valence-corrected chi connectivity index (χ3v) is 5.76. The molecule has 7 heteroatoms. The Morgan fingerprint density at radius 2 is 1.88 bits per heavy atom. The maximum Gasteiger partial charge on any atom is 0.337 e. The lowest BCUT2D eigenvalue weighted by atomic mass is 10.4. The molecular weight excluding hydrogens is 250 g/mol. The first-order valence-corrected chi connectivity index (χ1v) is 8.44. The van der Waals surface area contributed by atoms with Crippen LogP contribution in [-0.2, 0) is 9.13 Å². The van der Waals surface area contributed by atoms with Crippen LogP contribution in [0, 0.1) is 0 Å². The third-order valence-electron chi connectivity index (χ3n) is 2.16. The summed E-state index contributed by atoms with van der Waals surface area (Å²) in [7, 11) is -7.47. The van der Waals surface area contributed by atoms with Crippen LogP contribution in [0.4, 0.5) is 0 Å². The van der Waals surface area contributed by atoms with Crippen LogP contribution < -0.4 is 0 Å². The SMILES string of the molecule is C1=CCCC1.CCCC([PH](=O)O)P(=O)(O)O. The number of hydrogen-bond acceptors (Lipinski definition) is 2. The van der Waals surface area contributed by atoms with E-state index in [0.29, 0.717) is 6.42 Å². The van der Waals surface area contributed by atoms with Crippen LogP contribution in [0.25, 0.3) is 0 Å². The van der Waals surface area contributed by atoms with Gasteiger partial charge in [0.15, 0.2) is 0 Å². The first kappa shape index (κ1) is 16.1. The van der Waals surface area contributed by atoms with Gasteiger partial charge in [-0.15, -0.1) is 0 Å². The Hall–Kier alpha value is 0.0800. The minimum Gasteiger partial charge on any atom is -0.346 e. The molecule has 1 aliphatic rings. The maximum absolute atomic E-state index is 10.5. The zero-order valence-corrected chi connectivity index (χ0v) is 11.3. The topological polar surface area (TPSA) is 94.8 Å². The highest BCUT2D eigenvalue weighted by atomic mass is 31.2. The van der Waals surface area contributed by atoms with Crippen molar-refractivity contribution in [3.8, 4) is 0 Å². The van der Waals surface area contributed by atoms with Crippen LogP contribution in [-0.4, -0.2) is 20.1 Å². The lowest BCUT2D eigenvalue weighted by Gasteiger charge is -2.13. The fourth-order valence-corrected chi connectivity index (χ4v) is 3.58. The van der Waals surface area contributed by atoms with E-state index in [4.69, 9.17) is 14.7 Å². The van der Waals surface area contributed by atoms with E-state index in [1.54, 1.807) is 6.92 Å². The summed E-state index contributed by atoms with van der Waals surface area (Å²) in [5.74, 6) is 0. The van der Waals surface area contributed by atoms with Crippen molar-refractivity contribution in [1.82, 2.24) is 0 Å². The molecule has 0 spiro atoms. The molecule has 2 atom stereocenters. The van der Waals surface area contributed by atoms with Gasteiger partial charge in [-0.05, 0) is 25.7 Å². The minimum atomic E-state index is -4.37. The average molecular weight is 270 g/mol. The first-order chi connectivity index (χ1) is 7.39. The van der Waals surface area contributed by atoms with E-state index in [1.807, 2.05) is 0 Å². The normalized spacial score (nSPS) is 18.8. The van der Waals surface area contributed by atoms with Gasteiger partial charge in [-0.25, -0.2) is 0 Å². The molecule has 0 amide bonds. The highest BCUT2D eigenvalue weighted by Crippen LogP contribution is 2.53. The van der Waals surface area contributed by atoms with E-state index in [2.05, 4.69) is 12.2 Å². The first-order valence-electron chi connectivity index (χ1n) is 5.32. The molecule has 16 heavy (non-hydrogen) atoms. The molecule has 5 nitrogen and oxygen atoms in total. The predicted molar refractivity (Wildman–Crippen MR) is 65.0 cm³/mol. The summed E-state index contributed by atoms with van der Waals surface area (Å²) in [6.45, 7) is 1.70. The molecule has 0 bridgehead atoms. The second kappa shape index (κ2) is 8.21. The van der Waals surface area contributed by atoms with Gasteiger partial charge in [-0.1, -0.05) is 25.5 Å². The molecule has 0 aromatic carbocycles. The predicted octanol–water partition coefficient (Wildman–Crippen LogP) is 2.48. The van der Waals surface area contributed by atoms with E-state index in [0.717, 1.165) is 0 Å². The summed E-state index contributed by atoms with van der Waals surface area (Å²) < 4.78 is 21.0. The Morgan fingerprint density at radius 3 is 2.00 bits per heavy atom. The molecule has 3 N–H and O–H groups in total. The van der Waals surface area contributed by atoms with Crippen molar-refractivity contribution in [2.75, 3.05) is 0 Å². The molecule has 1 aliphatic carbocycles. The van der Waals surface area contributed by atoms with Gasteiger partial charge in [0.2, 0.25) is 8.03 Å². The summed E-state index contributed by atoms with van der Waals surface area (Å²) in [6.07, 6.45) is 9.09. The summed E-state index contributed by atoms with van der Waals surface area (Å²) in [5, 5.41) is -1.35. The Labute approximate surface area is 96.6 Å². The van der Waals surface area contributed by atoms with E-state index >= 15 is 0 Å². The molecule has 1 rings (SSSR count). The van der Waals surface area contributed by atoms with Gasteiger partial charge in [-0.3, -0.25) is 9.13 Å². The monoisotopic (exact) mass is 270 g/mol. The Bertz CT molecular complexity index is 278. The highest BCUT2D eigenvalue weighted by molar-refractivity contribution is 7.65. The lowest BCUT2D eigenvalue weighted by Crippen LogP contribution is -2.02. The number of hydrogen-bond donors (Lipinski definition) is 3. The van der Waals surface area contributed by atoms with Gasteiger partial charge >= 0.3 is 7.60 Å². The van der Waals surface area contributed by atoms with Crippen LogP contribution >= 0.6 is 15.6 Å². The van der Waals surface area contributed by atoms with Crippen LogP contribution in [0.15, 0.2) is 12.2 Å². The van der Waals surface area contributed by atoms with Crippen molar-refractivity contribution < 1.29 is 23.8 Å². The van der Waals surface area contributed by atoms with Crippen LogP contribution in [0.2, 0.25) is 0 Å². The standard InChI is InChI=1S/C5H8.C4H12O5P2/c1-2-4-5-3-1;1-2-3-4(10(5)6)11(7,8)9/h1-2H,3-5H2;4,10H,2-3H2,1H3,(H,5,6)(H2,7,8,9). The van der Waals surface area contributed by atoms with Crippen molar-refractivity contribution in [3.63, 3.8) is 0 Å². The van der Waals surface area contributed by atoms with E-state index in [9.17, 15) is 9.13 Å². The zero-order chi connectivity index (χ0) is 12.6. The Kier molecular flexibility index (Phi) is 8.25. The van der Waals surface area contributed by atoms with E-state index < -0.39 is 21.0 Å². The summed E-state index contributed by atoms with van der Waals surface area (Å²) in [4.78, 5) is 25.6. The second-order valence-electron chi connectivity index (χ2n) is 3.63. The van der Waals surface area contributed by atoms with Crippen LogP contribution in [0.3, 0.4) is 0 Å².